The van der Waals surface area contributed by atoms with Crippen molar-refractivity contribution in [1.29, 1.82) is 0 Å². The van der Waals surface area contributed by atoms with Crippen LogP contribution >= 0.6 is 0 Å². The van der Waals surface area contributed by atoms with Gasteiger partial charge >= 0.3 is 12.2 Å². The quantitative estimate of drug-likeness (QED) is 0.926. The van der Waals surface area contributed by atoms with E-state index in [0.29, 0.717) is 0 Å². The maximum absolute atomic E-state index is 12.7. The molecule has 5 nitrogen and oxygen atoms in total. The molecule has 1 N–H and O–H groups in total. The third-order valence-corrected chi connectivity index (χ3v) is 4.15. The molecule has 1 aliphatic heterocycles. The fourth-order valence-electron chi connectivity index (χ4n) is 2.51. The highest BCUT2D eigenvalue weighted by molar-refractivity contribution is 5.74. The van der Waals surface area contributed by atoms with Crippen molar-refractivity contribution in [2.24, 2.45) is 0 Å². The number of nitrogens with zero attached hydrogens (tertiary/aromatic N) is 3. The fraction of sp³-hybridized carbons (Fsp3) is 0.600. The zero-order valence-corrected chi connectivity index (χ0v) is 13.2. The van der Waals surface area contributed by atoms with Gasteiger partial charge in [-0.05, 0) is 25.5 Å². The van der Waals surface area contributed by atoms with Gasteiger partial charge in [-0.1, -0.05) is 6.07 Å². The molecule has 0 radical (unpaired) electrons. The maximum Gasteiger partial charge on any atom is 0.403 e. The Balaban J connectivity index is 1.84. The smallest absolute Gasteiger partial charge is 0.331 e. The lowest BCUT2D eigenvalue weighted by atomic mass is 10.1. The molecule has 0 unspecified atom stereocenters. The lowest BCUT2D eigenvalue weighted by molar-refractivity contribution is -0.181. The van der Waals surface area contributed by atoms with Crippen LogP contribution in [0.15, 0.2) is 24.5 Å². The number of pyridine rings is 1. The minimum atomic E-state index is -4.24. The molecule has 1 fully saturated rings. The van der Waals surface area contributed by atoms with E-state index in [1.807, 2.05) is 13.0 Å². The molecule has 2 rings (SSSR count). The van der Waals surface area contributed by atoms with Crippen molar-refractivity contribution in [3.05, 3.63) is 30.1 Å². The monoisotopic (exact) mass is 330 g/mol. The number of halogens is 3. The average molecular weight is 330 g/mol. The van der Waals surface area contributed by atoms with Crippen LogP contribution in [0.4, 0.5) is 18.0 Å². The summed E-state index contributed by atoms with van der Waals surface area (Å²) in [6, 6.07) is 1.70. The Kier molecular flexibility index (Phi) is 5.46. The zero-order valence-electron chi connectivity index (χ0n) is 13.2. The van der Waals surface area contributed by atoms with Crippen LogP contribution in [-0.4, -0.2) is 59.2 Å². The average Bonchev–Trinajstić information content (AvgIpc) is 2.54. The number of rotatable bonds is 3. The predicted octanol–water partition coefficient (Wildman–Crippen LogP) is 2.42. The van der Waals surface area contributed by atoms with Crippen molar-refractivity contribution < 1.29 is 18.0 Å². The van der Waals surface area contributed by atoms with Crippen LogP contribution in [0.5, 0.6) is 0 Å². The third kappa shape index (κ3) is 4.57. The van der Waals surface area contributed by atoms with Crippen molar-refractivity contribution in [3.8, 4) is 0 Å². The van der Waals surface area contributed by atoms with Crippen LogP contribution in [0.3, 0.4) is 0 Å². The van der Waals surface area contributed by atoms with E-state index in [9.17, 15) is 18.0 Å². The summed E-state index contributed by atoms with van der Waals surface area (Å²) in [6.07, 6.45) is -0.910. The summed E-state index contributed by atoms with van der Waals surface area (Å²) >= 11 is 0. The Bertz CT molecular complexity index is 515. The molecule has 23 heavy (non-hydrogen) atoms. The molecule has 2 heterocycles. The summed E-state index contributed by atoms with van der Waals surface area (Å²) in [7, 11) is 0. The number of piperazine rings is 1. The summed E-state index contributed by atoms with van der Waals surface area (Å²) in [5.74, 6) is 0. The van der Waals surface area contributed by atoms with Crippen molar-refractivity contribution >= 4 is 6.03 Å². The van der Waals surface area contributed by atoms with Gasteiger partial charge in [-0.3, -0.25) is 9.88 Å². The minimum absolute atomic E-state index is 0.205. The third-order valence-electron chi connectivity index (χ3n) is 4.15. The molecule has 8 heteroatoms. The van der Waals surface area contributed by atoms with Gasteiger partial charge in [-0.25, -0.2) is 4.79 Å². The van der Waals surface area contributed by atoms with Crippen molar-refractivity contribution in [2.45, 2.75) is 32.1 Å². The number of hydrogen-bond acceptors (Lipinski definition) is 3. The normalized spacial score (nSPS) is 19.3. The van der Waals surface area contributed by atoms with Crippen LogP contribution in [0.25, 0.3) is 0 Å². The second-order valence-electron chi connectivity index (χ2n) is 5.70. The highest BCUT2D eigenvalue weighted by Crippen LogP contribution is 2.25. The molecule has 1 aliphatic rings. The van der Waals surface area contributed by atoms with Crippen molar-refractivity contribution in [2.75, 3.05) is 26.2 Å². The molecule has 0 aliphatic carbocycles. The Morgan fingerprint density at radius 3 is 2.43 bits per heavy atom. The standard InChI is InChI=1S/C15H21F3N4O/c1-11(13-4-3-5-19-10-13)20-14(23)22-8-6-21(7-9-22)12(2)15(16,17)18/h3-5,10-12H,6-9H2,1-2H3,(H,20,23)/t11-,12-/m0/s1. The van der Waals surface area contributed by atoms with E-state index in [0.717, 1.165) is 12.5 Å². The Hall–Kier alpha value is -1.83. The predicted molar refractivity (Wildman–Crippen MR) is 79.8 cm³/mol. The SMILES string of the molecule is C[C@H](NC(=O)N1CCN([C@@H](C)C(F)(F)F)CC1)c1cccnc1. The molecule has 2 amide bonds. The van der Waals surface area contributed by atoms with Gasteiger partial charge in [0, 0.05) is 38.6 Å². The van der Waals surface area contributed by atoms with E-state index in [1.54, 1.807) is 23.4 Å². The Labute approximate surface area is 133 Å². The molecule has 0 spiro atoms. The van der Waals surface area contributed by atoms with Crippen molar-refractivity contribution in [1.82, 2.24) is 20.1 Å². The van der Waals surface area contributed by atoms with Gasteiger partial charge in [-0.2, -0.15) is 13.2 Å². The van der Waals surface area contributed by atoms with Crippen LogP contribution < -0.4 is 5.32 Å². The van der Waals surface area contributed by atoms with Gasteiger partial charge in [0.15, 0.2) is 0 Å². The molecule has 0 bridgehead atoms. The lowest BCUT2D eigenvalue weighted by Gasteiger charge is -2.38. The molecule has 1 aromatic rings. The van der Waals surface area contributed by atoms with Gasteiger partial charge in [-0.15, -0.1) is 0 Å². The number of nitrogens with one attached hydrogen (secondary N) is 1. The molecule has 2 atom stereocenters. The van der Waals surface area contributed by atoms with E-state index in [1.165, 1.54) is 4.90 Å². The molecule has 128 valence electrons. The zero-order chi connectivity index (χ0) is 17.0. The molecular formula is C15H21F3N4O. The first-order chi connectivity index (χ1) is 10.8. The topological polar surface area (TPSA) is 48.5 Å². The van der Waals surface area contributed by atoms with Crippen LogP contribution in [0.1, 0.15) is 25.5 Å². The fourth-order valence-corrected chi connectivity index (χ4v) is 2.51. The highest BCUT2D eigenvalue weighted by Gasteiger charge is 2.41. The first-order valence-electron chi connectivity index (χ1n) is 7.55. The summed E-state index contributed by atoms with van der Waals surface area (Å²) in [6.45, 7) is 4.00. The summed E-state index contributed by atoms with van der Waals surface area (Å²) < 4.78 is 38.1. The van der Waals surface area contributed by atoms with Crippen LogP contribution in [0.2, 0.25) is 0 Å². The first-order valence-corrected chi connectivity index (χ1v) is 7.55. The molecule has 1 saturated heterocycles. The maximum atomic E-state index is 12.7. The number of aromatic nitrogens is 1. The number of alkyl halides is 3. The van der Waals surface area contributed by atoms with Crippen molar-refractivity contribution in [3.63, 3.8) is 0 Å². The largest absolute Gasteiger partial charge is 0.403 e. The molecule has 1 aromatic heterocycles. The second-order valence-corrected chi connectivity index (χ2v) is 5.70. The first kappa shape index (κ1) is 17.5. The summed E-state index contributed by atoms with van der Waals surface area (Å²) in [5.41, 5.74) is 0.880. The van der Waals surface area contributed by atoms with Gasteiger partial charge in [0.05, 0.1) is 6.04 Å². The number of carbonyl (C=O) groups excluding carboxylic acids is 1. The van der Waals surface area contributed by atoms with Gasteiger partial charge in [0.25, 0.3) is 0 Å². The minimum Gasteiger partial charge on any atom is -0.331 e. The van der Waals surface area contributed by atoms with Gasteiger partial charge < -0.3 is 10.2 Å². The summed E-state index contributed by atoms with van der Waals surface area (Å²) in [5, 5.41) is 2.85. The number of amides is 2. The van der Waals surface area contributed by atoms with Crippen LogP contribution in [-0.2, 0) is 0 Å². The molecule has 0 aromatic carbocycles. The van der Waals surface area contributed by atoms with E-state index in [2.05, 4.69) is 10.3 Å². The highest BCUT2D eigenvalue weighted by atomic mass is 19.4. The van der Waals surface area contributed by atoms with E-state index in [-0.39, 0.29) is 38.3 Å². The second kappa shape index (κ2) is 7.16. The lowest BCUT2D eigenvalue weighted by Crippen LogP contribution is -2.56. The summed E-state index contributed by atoms with van der Waals surface area (Å²) in [4.78, 5) is 19.1. The number of hydrogen-bond donors (Lipinski definition) is 1. The van der Waals surface area contributed by atoms with Gasteiger partial charge in [0.2, 0.25) is 0 Å². The van der Waals surface area contributed by atoms with Gasteiger partial charge in [0.1, 0.15) is 6.04 Å². The van der Waals surface area contributed by atoms with E-state index >= 15 is 0 Å². The number of carbonyl (C=O) groups is 1. The molecular weight excluding hydrogens is 309 g/mol. The Morgan fingerprint density at radius 1 is 1.26 bits per heavy atom. The van der Waals surface area contributed by atoms with E-state index < -0.39 is 12.2 Å². The number of urea groups is 1. The Morgan fingerprint density at radius 2 is 1.91 bits per heavy atom. The van der Waals surface area contributed by atoms with Crippen LogP contribution in [0, 0.1) is 0 Å². The molecule has 0 saturated carbocycles. The van der Waals surface area contributed by atoms with E-state index in [4.69, 9.17) is 0 Å².